The summed E-state index contributed by atoms with van der Waals surface area (Å²) < 4.78 is 5.61. The second-order valence-corrected chi connectivity index (χ2v) is 4.28. The Bertz CT molecular complexity index is 609. The Morgan fingerprint density at radius 1 is 1.05 bits per heavy atom. The molecule has 0 fully saturated rings. The van der Waals surface area contributed by atoms with Crippen molar-refractivity contribution in [2.24, 2.45) is 10.2 Å². The Balaban J connectivity index is 1.99. The van der Waals surface area contributed by atoms with E-state index in [9.17, 15) is 4.79 Å². The number of carboxylic acids is 1. The van der Waals surface area contributed by atoms with Crippen LogP contribution in [0.2, 0.25) is 5.02 Å². The first kappa shape index (κ1) is 14.0. The van der Waals surface area contributed by atoms with E-state index in [0.717, 1.165) is 0 Å². The number of hydrogen-bond donors (Lipinski definition) is 1. The highest BCUT2D eigenvalue weighted by Gasteiger charge is 1.98. The molecule has 0 spiro atoms. The van der Waals surface area contributed by atoms with Crippen molar-refractivity contribution in [3.63, 3.8) is 0 Å². The van der Waals surface area contributed by atoms with Crippen molar-refractivity contribution in [1.82, 2.24) is 0 Å². The molecule has 0 aromatic heterocycles. The largest absolute Gasteiger partial charge is 0.480 e. The zero-order valence-electron chi connectivity index (χ0n) is 10.4. The van der Waals surface area contributed by atoms with Gasteiger partial charge >= 0.3 is 5.97 Å². The summed E-state index contributed by atoms with van der Waals surface area (Å²) in [6.45, 7) is -0.344. The number of azo groups is 1. The van der Waals surface area contributed by atoms with Gasteiger partial charge in [-0.15, -0.1) is 0 Å². The quantitative estimate of drug-likeness (QED) is 0.834. The van der Waals surface area contributed by atoms with Crippen molar-refractivity contribution in [2.75, 3.05) is 6.54 Å². The van der Waals surface area contributed by atoms with Crippen molar-refractivity contribution in [2.45, 2.75) is 0 Å². The molecule has 5 nitrogen and oxygen atoms in total. The molecular formula is C14H11ClN2O3. The lowest BCUT2D eigenvalue weighted by Gasteiger charge is -2.05. The van der Waals surface area contributed by atoms with Gasteiger partial charge in [0.15, 0.2) is 6.54 Å². The molecule has 0 amide bonds. The molecule has 0 atom stereocenters. The smallest absolute Gasteiger partial charge is 0.327 e. The molecule has 0 saturated heterocycles. The fourth-order valence-electron chi connectivity index (χ4n) is 1.40. The van der Waals surface area contributed by atoms with Crippen LogP contribution in [-0.4, -0.2) is 17.6 Å². The highest BCUT2D eigenvalue weighted by Crippen LogP contribution is 2.25. The summed E-state index contributed by atoms with van der Waals surface area (Å²) in [5, 5.41) is 16.4. The molecule has 0 heterocycles. The van der Waals surface area contributed by atoms with E-state index in [-0.39, 0.29) is 6.54 Å². The normalized spacial score (nSPS) is 10.7. The first-order chi connectivity index (χ1) is 9.63. The van der Waals surface area contributed by atoms with Gasteiger partial charge < -0.3 is 9.84 Å². The Hall–Kier alpha value is -2.40. The topological polar surface area (TPSA) is 71.2 Å². The van der Waals surface area contributed by atoms with Gasteiger partial charge in [0.2, 0.25) is 0 Å². The van der Waals surface area contributed by atoms with Crippen LogP contribution < -0.4 is 4.74 Å². The van der Waals surface area contributed by atoms with E-state index >= 15 is 0 Å². The zero-order chi connectivity index (χ0) is 14.4. The van der Waals surface area contributed by atoms with Crippen LogP contribution in [0.15, 0.2) is 58.8 Å². The van der Waals surface area contributed by atoms with Crippen LogP contribution in [0.25, 0.3) is 0 Å². The Morgan fingerprint density at radius 2 is 1.60 bits per heavy atom. The van der Waals surface area contributed by atoms with Gasteiger partial charge in [-0.3, -0.25) is 4.79 Å². The maximum atomic E-state index is 10.3. The minimum atomic E-state index is -1.02. The van der Waals surface area contributed by atoms with E-state index in [4.69, 9.17) is 21.4 Å². The van der Waals surface area contributed by atoms with Gasteiger partial charge in [-0.05, 0) is 48.5 Å². The first-order valence-corrected chi connectivity index (χ1v) is 6.14. The molecule has 1 N–H and O–H groups in total. The first-order valence-electron chi connectivity index (χ1n) is 5.76. The number of aliphatic carboxylic acids is 1. The molecule has 0 saturated carbocycles. The number of carbonyl (C=O) groups is 1. The molecule has 2 aromatic carbocycles. The average Bonchev–Trinajstić information content (AvgIpc) is 2.43. The minimum Gasteiger partial charge on any atom is -0.480 e. The van der Waals surface area contributed by atoms with E-state index in [1.54, 1.807) is 48.5 Å². The SMILES string of the molecule is O=C(O)CN=Nc1ccc(Oc2ccc(Cl)cc2)cc1. The molecule has 20 heavy (non-hydrogen) atoms. The van der Waals surface area contributed by atoms with E-state index in [1.165, 1.54) is 0 Å². The lowest BCUT2D eigenvalue weighted by atomic mass is 10.3. The number of ether oxygens (including phenoxy) is 1. The Morgan fingerprint density at radius 3 is 2.15 bits per heavy atom. The van der Waals surface area contributed by atoms with Crippen molar-refractivity contribution < 1.29 is 14.6 Å². The number of carboxylic acid groups (broad SMARTS) is 1. The van der Waals surface area contributed by atoms with Gasteiger partial charge in [0.05, 0.1) is 5.69 Å². The fourth-order valence-corrected chi connectivity index (χ4v) is 1.52. The third-order valence-corrected chi connectivity index (χ3v) is 2.53. The predicted molar refractivity (Wildman–Crippen MR) is 75.0 cm³/mol. The van der Waals surface area contributed by atoms with Gasteiger partial charge in [-0.1, -0.05) is 11.6 Å². The lowest BCUT2D eigenvalue weighted by Crippen LogP contribution is -1.97. The zero-order valence-corrected chi connectivity index (χ0v) is 11.1. The molecule has 0 radical (unpaired) electrons. The maximum Gasteiger partial charge on any atom is 0.327 e. The Labute approximate surface area is 120 Å². The molecule has 2 aromatic rings. The van der Waals surface area contributed by atoms with Gasteiger partial charge in [0.25, 0.3) is 0 Å². The summed E-state index contributed by atoms with van der Waals surface area (Å²) in [4.78, 5) is 10.3. The molecule has 6 heteroatoms. The highest BCUT2D eigenvalue weighted by molar-refractivity contribution is 6.30. The standard InChI is InChI=1S/C14H11ClN2O3/c15-10-1-5-12(6-2-10)20-13-7-3-11(4-8-13)17-16-9-14(18)19/h1-8H,9H2,(H,18,19). The number of nitrogens with zero attached hydrogens (tertiary/aromatic N) is 2. The van der Waals surface area contributed by atoms with Crippen LogP contribution in [0, 0.1) is 0 Å². The lowest BCUT2D eigenvalue weighted by molar-refractivity contribution is -0.135. The molecule has 0 aliphatic rings. The van der Waals surface area contributed by atoms with Crippen LogP contribution in [0.1, 0.15) is 0 Å². The summed E-state index contributed by atoms with van der Waals surface area (Å²) in [7, 11) is 0. The number of hydrogen-bond acceptors (Lipinski definition) is 4. The van der Waals surface area contributed by atoms with Crippen LogP contribution >= 0.6 is 11.6 Å². The van der Waals surface area contributed by atoms with Crippen molar-refractivity contribution in [3.8, 4) is 11.5 Å². The summed E-state index contributed by atoms with van der Waals surface area (Å²) >= 11 is 5.79. The van der Waals surface area contributed by atoms with E-state index in [0.29, 0.717) is 22.2 Å². The molecule has 102 valence electrons. The van der Waals surface area contributed by atoms with Crippen molar-refractivity contribution >= 4 is 23.3 Å². The van der Waals surface area contributed by atoms with Crippen LogP contribution in [0.4, 0.5) is 5.69 Å². The third kappa shape index (κ3) is 4.37. The molecule has 0 unspecified atom stereocenters. The molecule has 0 bridgehead atoms. The predicted octanol–water partition coefficient (Wildman–Crippen LogP) is 4.30. The minimum absolute atomic E-state index is 0.344. The maximum absolute atomic E-state index is 10.3. The monoisotopic (exact) mass is 290 g/mol. The molecular weight excluding hydrogens is 280 g/mol. The van der Waals surface area contributed by atoms with Crippen molar-refractivity contribution in [3.05, 3.63) is 53.6 Å². The molecule has 0 aliphatic heterocycles. The second-order valence-electron chi connectivity index (χ2n) is 3.84. The number of rotatable bonds is 5. The van der Waals surface area contributed by atoms with Crippen LogP contribution in [0.5, 0.6) is 11.5 Å². The van der Waals surface area contributed by atoms with Gasteiger partial charge in [0, 0.05) is 5.02 Å². The van der Waals surface area contributed by atoms with Gasteiger partial charge in [0.1, 0.15) is 11.5 Å². The number of benzene rings is 2. The summed E-state index contributed by atoms with van der Waals surface area (Å²) in [5.74, 6) is 0.301. The van der Waals surface area contributed by atoms with Crippen LogP contribution in [0.3, 0.4) is 0 Å². The highest BCUT2D eigenvalue weighted by atomic mass is 35.5. The molecule has 0 aliphatic carbocycles. The summed E-state index contributed by atoms with van der Waals surface area (Å²) in [5.41, 5.74) is 0.565. The fraction of sp³-hybridized carbons (Fsp3) is 0.0714. The summed E-state index contributed by atoms with van der Waals surface area (Å²) in [6, 6.07) is 13.9. The Kier molecular flexibility index (Phi) is 4.68. The molecule has 2 rings (SSSR count). The summed E-state index contributed by atoms with van der Waals surface area (Å²) in [6.07, 6.45) is 0. The third-order valence-electron chi connectivity index (χ3n) is 2.28. The van der Waals surface area contributed by atoms with Gasteiger partial charge in [-0.25, -0.2) is 0 Å². The van der Waals surface area contributed by atoms with E-state index in [2.05, 4.69) is 10.2 Å². The van der Waals surface area contributed by atoms with Crippen molar-refractivity contribution in [1.29, 1.82) is 0 Å². The average molecular weight is 291 g/mol. The van der Waals surface area contributed by atoms with E-state index < -0.39 is 5.97 Å². The second kappa shape index (κ2) is 6.68. The van der Waals surface area contributed by atoms with Crippen LogP contribution in [-0.2, 0) is 4.79 Å². The van der Waals surface area contributed by atoms with E-state index in [1.807, 2.05) is 0 Å². The number of halogens is 1. The van der Waals surface area contributed by atoms with Gasteiger partial charge in [-0.2, -0.15) is 10.2 Å².